The number of aromatic amines is 2. The Kier molecular flexibility index (Phi) is 7.27. The molecule has 3 saturated carbocycles. The first-order valence-corrected chi connectivity index (χ1v) is 20.0. The van der Waals surface area contributed by atoms with Gasteiger partial charge >= 0.3 is 5.97 Å². The summed E-state index contributed by atoms with van der Waals surface area (Å²) in [6.45, 7) is 17.9. The first kappa shape index (κ1) is 34.0. The fourth-order valence-corrected chi connectivity index (χ4v) is 13.6. The Morgan fingerprint density at radius 3 is 2.42 bits per heavy atom. The van der Waals surface area contributed by atoms with Gasteiger partial charge in [0.1, 0.15) is 12.4 Å². The quantitative estimate of drug-likeness (QED) is 0.185. The zero-order valence-electron chi connectivity index (χ0n) is 32.4. The number of ether oxygens (including phenoxy) is 1. The van der Waals surface area contributed by atoms with E-state index in [9.17, 15) is 4.79 Å². The van der Waals surface area contributed by atoms with E-state index in [0.717, 1.165) is 50.5 Å². The standard InChI is InChI=1S/C46H58N4O2/c1-41(2)19-21-46(40(51)52-27-28-13-9-8-10-14-28)22-20-45(7)37(33(46)25-41)30(32-26-48-34-16-12-11-15-29(32)34)23-36-43(5)24-31-38(49-50-39(31)47)42(3,4)35(43)17-18-44(36,45)6/h8-16,26,33,35-36,48H,17-25,27H2,1-7H3,(H3,47,49,50)/t33-,35-,36?,43-,44+,45+,46-/m0/s1. The molecule has 2 heterocycles. The molecule has 52 heavy (non-hydrogen) atoms. The van der Waals surface area contributed by atoms with E-state index >= 15 is 0 Å². The molecule has 6 heteroatoms. The third kappa shape index (κ3) is 4.48. The van der Waals surface area contributed by atoms with Gasteiger partial charge in [-0.05, 0) is 114 Å². The predicted octanol–water partition coefficient (Wildman–Crippen LogP) is 10.6. The summed E-state index contributed by atoms with van der Waals surface area (Å²) >= 11 is 0. The van der Waals surface area contributed by atoms with Crippen LogP contribution in [0.1, 0.15) is 122 Å². The van der Waals surface area contributed by atoms with Crippen LogP contribution in [0.3, 0.4) is 0 Å². The molecule has 0 bridgehead atoms. The Morgan fingerprint density at radius 2 is 1.63 bits per heavy atom. The minimum Gasteiger partial charge on any atom is -0.460 e. The number of rotatable bonds is 4. The van der Waals surface area contributed by atoms with E-state index in [1.54, 1.807) is 5.57 Å². The van der Waals surface area contributed by atoms with Crippen molar-refractivity contribution in [1.82, 2.24) is 15.2 Å². The topological polar surface area (TPSA) is 96.8 Å². The Morgan fingerprint density at radius 1 is 0.904 bits per heavy atom. The van der Waals surface area contributed by atoms with Crippen molar-refractivity contribution in [3.8, 4) is 0 Å². The number of fused-ring (bicyclic) bond motifs is 9. The number of hydrogen-bond donors (Lipinski definition) is 3. The number of H-pyrrole nitrogens is 2. The van der Waals surface area contributed by atoms with Crippen LogP contribution >= 0.6 is 0 Å². The van der Waals surface area contributed by atoms with Crippen molar-refractivity contribution in [3.05, 3.63) is 88.8 Å². The summed E-state index contributed by atoms with van der Waals surface area (Å²) in [5.74, 6) is 1.76. The molecule has 5 aliphatic carbocycles. The lowest BCUT2D eigenvalue weighted by molar-refractivity contribution is -0.181. The van der Waals surface area contributed by atoms with E-state index in [1.165, 1.54) is 46.1 Å². The SMILES string of the molecule is CC1(C)CC[C@]2(C(=O)OCc3ccccc3)CC[C@]3(C)C(=C(c4c[nH]c5ccccc45)CC4[C@@]5(C)Cc6c(N)n[nH]c6C(C)(C)[C@@H]5CC[C@]43C)[C@@H]2C1. The molecule has 9 rings (SSSR count). The average Bonchev–Trinajstić information content (AvgIpc) is 3.71. The molecule has 7 atom stereocenters. The molecule has 274 valence electrons. The Hall–Kier alpha value is -3.80. The van der Waals surface area contributed by atoms with E-state index in [1.807, 2.05) is 18.2 Å². The van der Waals surface area contributed by atoms with Gasteiger partial charge in [0.25, 0.3) is 0 Å². The Bertz CT molecular complexity index is 2100. The van der Waals surface area contributed by atoms with Crippen molar-refractivity contribution >= 4 is 28.3 Å². The molecule has 5 aliphatic rings. The lowest BCUT2D eigenvalue weighted by atomic mass is 9.33. The van der Waals surface area contributed by atoms with Crippen LogP contribution in [-0.4, -0.2) is 21.2 Å². The van der Waals surface area contributed by atoms with Gasteiger partial charge in [-0.25, -0.2) is 0 Å². The van der Waals surface area contributed by atoms with Crippen molar-refractivity contribution < 1.29 is 9.53 Å². The first-order valence-electron chi connectivity index (χ1n) is 20.0. The zero-order valence-corrected chi connectivity index (χ0v) is 32.4. The number of nitrogens with zero attached hydrogens (tertiary/aromatic N) is 1. The zero-order chi connectivity index (χ0) is 36.5. The normalized spacial score (nSPS) is 35.9. The van der Waals surface area contributed by atoms with Gasteiger partial charge in [0.15, 0.2) is 0 Å². The highest BCUT2D eigenvalue weighted by Crippen LogP contribution is 2.77. The van der Waals surface area contributed by atoms with Crippen molar-refractivity contribution in [1.29, 1.82) is 0 Å². The molecule has 0 amide bonds. The lowest BCUT2D eigenvalue weighted by Gasteiger charge is -2.71. The third-order valence-electron chi connectivity index (χ3n) is 16.5. The summed E-state index contributed by atoms with van der Waals surface area (Å²) in [5.41, 5.74) is 15.3. The molecule has 4 N–H and O–H groups in total. The van der Waals surface area contributed by atoms with Gasteiger partial charge in [-0.3, -0.25) is 9.89 Å². The molecule has 0 radical (unpaired) electrons. The maximum Gasteiger partial charge on any atom is 0.313 e. The number of allylic oxidation sites excluding steroid dienone is 2. The van der Waals surface area contributed by atoms with Gasteiger partial charge in [-0.15, -0.1) is 0 Å². The number of carbonyl (C=O) groups excluding carboxylic acids is 1. The number of carbonyl (C=O) groups is 1. The molecule has 6 nitrogen and oxygen atoms in total. The van der Waals surface area contributed by atoms with Gasteiger partial charge in [-0.2, -0.15) is 5.10 Å². The molecule has 2 aromatic carbocycles. The molecule has 1 unspecified atom stereocenters. The summed E-state index contributed by atoms with van der Waals surface area (Å²) in [4.78, 5) is 18.5. The number of nitrogens with two attached hydrogens (primary N) is 1. The van der Waals surface area contributed by atoms with Crippen LogP contribution in [0.15, 0.2) is 66.4 Å². The van der Waals surface area contributed by atoms with Crippen LogP contribution < -0.4 is 5.73 Å². The van der Waals surface area contributed by atoms with Crippen molar-refractivity contribution in [2.45, 2.75) is 118 Å². The van der Waals surface area contributed by atoms with E-state index < -0.39 is 5.41 Å². The number of nitrogens with one attached hydrogen (secondary N) is 2. The van der Waals surface area contributed by atoms with Gasteiger partial charge in [-0.1, -0.05) is 103 Å². The maximum absolute atomic E-state index is 14.8. The number of hydrogen-bond acceptors (Lipinski definition) is 4. The van der Waals surface area contributed by atoms with Crippen LogP contribution in [0.25, 0.3) is 16.5 Å². The van der Waals surface area contributed by atoms with Gasteiger partial charge in [0.05, 0.1) is 5.41 Å². The number of esters is 1. The molecule has 0 aliphatic heterocycles. The highest BCUT2D eigenvalue weighted by atomic mass is 16.5. The minimum atomic E-state index is -0.520. The second kappa shape index (κ2) is 11.1. The van der Waals surface area contributed by atoms with E-state index in [-0.39, 0.29) is 39.0 Å². The second-order valence-electron chi connectivity index (χ2n) is 19.7. The van der Waals surface area contributed by atoms with Gasteiger partial charge in [0, 0.05) is 39.3 Å². The fourth-order valence-electron chi connectivity index (χ4n) is 13.6. The maximum atomic E-state index is 14.8. The smallest absolute Gasteiger partial charge is 0.313 e. The number of aromatic nitrogens is 3. The van der Waals surface area contributed by atoms with Crippen LogP contribution in [0.4, 0.5) is 5.82 Å². The van der Waals surface area contributed by atoms with Crippen LogP contribution in [0.2, 0.25) is 0 Å². The van der Waals surface area contributed by atoms with Crippen molar-refractivity contribution in [3.63, 3.8) is 0 Å². The van der Waals surface area contributed by atoms with Crippen LogP contribution in [-0.2, 0) is 28.0 Å². The minimum absolute atomic E-state index is 0.0182. The van der Waals surface area contributed by atoms with E-state index in [4.69, 9.17) is 10.5 Å². The highest BCUT2D eigenvalue weighted by molar-refractivity contribution is 5.94. The molecule has 4 aromatic rings. The molecule has 3 fully saturated rings. The summed E-state index contributed by atoms with van der Waals surface area (Å²) in [5, 5.41) is 9.27. The summed E-state index contributed by atoms with van der Waals surface area (Å²) in [7, 11) is 0. The fraction of sp³-hybridized carbons (Fsp3) is 0.565. The van der Waals surface area contributed by atoms with Crippen molar-refractivity contribution in [2.75, 3.05) is 5.73 Å². The number of para-hydroxylation sites is 1. The van der Waals surface area contributed by atoms with Crippen LogP contribution in [0, 0.1) is 44.8 Å². The summed E-state index contributed by atoms with van der Waals surface area (Å²) in [6.07, 6.45) is 11.4. The molecular weight excluding hydrogens is 641 g/mol. The van der Waals surface area contributed by atoms with Gasteiger partial charge in [0.2, 0.25) is 0 Å². The van der Waals surface area contributed by atoms with Crippen LogP contribution in [0.5, 0.6) is 0 Å². The molecule has 0 saturated heterocycles. The lowest BCUT2D eigenvalue weighted by Crippen LogP contribution is -2.65. The van der Waals surface area contributed by atoms with E-state index in [0.29, 0.717) is 24.3 Å². The second-order valence-corrected chi connectivity index (χ2v) is 19.7. The third-order valence-corrected chi connectivity index (χ3v) is 16.5. The largest absolute Gasteiger partial charge is 0.460 e. The Balaban J connectivity index is 1.25. The predicted molar refractivity (Wildman–Crippen MR) is 209 cm³/mol. The van der Waals surface area contributed by atoms with Crippen molar-refractivity contribution in [2.24, 2.45) is 44.8 Å². The summed E-state index contributed by atoms with van der Waals surface area (Å²) in [6, 6.07) is 19.0. The molecular formula is C46H58N4O2. The number of anilines is 1. The monoisotopic (exact) mass is 698 g/mol. The molecule has 2 aromatic heterocycles. The number of nitrogen functional groups attached to an aromatic ring is 1. The average molecular weight is 699 g/mol. The van der Waals surface area contributed by atoms with E-state index in [2.05, 4.69) is 106 Å². The number of benzene rings is 2. The Labute approximate surface area is 309 Å². The molecule has 0 spiro atoms. The van der Waals surface area contributed by atoms with Gasteiger partial charge < -0.3 is 15.5 Å². The first-order chi connectivity index (χ1) is 24.6. The summed E-state index contributed by atoms with van der Waals surface area (Å²) < 4.78 is 6.39. The highest BCUT2D eigenvalue weighted by Gasteiger charge is 2.70.